The van der Waals surface area contributed by atoms with E-state index in [2.05, 4.69) is 33.3 Å². The molecule has 0 fully saturated rings. The Balaban J connectivity index is 2.06. The van der Waals surface area contributed by atoms with E-state index in [1.165, 1.54) is 0 Å². The molecule has 3 rings (SSSR count). The van der Waals surface area contributed by atoms with E-state index in [4.69, 9.17) is 5.41 Å². The lowest BCUT2D eigenvalue weighted by Crippen LogP contribution is -2.05. The molecule has 0 amide bonds. The van der Waals surface area contributed by atoms with Crippen molar-refractivity contribution in [3.05, 3.63) is 71.5 Å². The first-order valence-electron chi connectivity index (χ1n) is 7.81. The molecule has 2 aromatic carbocycles. The van der Waals surface area contributed by atoms with E-state index >= 15 is 0 Å². The van der Waals surface area contributed by atoms with Crippen molar-refractivity contribution in [2.45, 2.75) is 20.4 Å². The van der Waals surface area contributed by atoms with Gasteiger partial charge in [-0.25, -0.2) is 14.7 Å². The Morgan fingerprint density at radius 3 is 2.67 bits per heavy atom. The monoisotopic (exact) mass is 317 g/mol. The second kappa shape index (κ2) is 7.00. The van der Waals surface area contributed by atoms with Gasteiger partial charge in [0.1, 0.15) is 0 Å². The molecule has 5 nitrogen and oxygen atoms in total. The second-order valence-corrected chi connectivity index (χ2v) is 5.51. The van der Waals surface area contributed by atoms with Gasteiger partial charge in [0.05, 0.1) is 6.54 Å². The molecule has 0 aliphatic heterocycles. The molecular weight excluding hydrogens is 298 g/mol. The number of aromatic nitrogens is 3. The number of aryl methyl sites for hydroxylation is 1. The molecule has 0 saturated carbocycles. The third-order valence-corrected chi connectivity index (χ3v) is 3.59. The summed E-state index contributed by atoms with van der Waals surface area (Å²) in [6.45, 7) is 4.42. The molecule has 0 bridgehead atoms. The van der Waals surface area contributed by atoms with Gasteiger partial charge in [0.25, 0.3) is 0 Å². The quantitative estimate of drug-likeness (QED) is 0.588. The largest absolute Gasteiger partial charge is 0.280 e. The van der Waals surface area contributed by atoms with Gasteiger partial charge in [-0.05, 0) is 25.5 Å². The van der Waals surface area contributed by atoms with Gasteiger partial charge >= 0.3 is 0 Å². The fraction of sp³-hybridized carbons (Fsp3) is 0.158. The lowest BCUT2D eigenvalue weighted by Gasteiger charge is -2.06. The number of nitrogens with zero attached hydrogens (tertiary/aromatic N) is 4. The van der Waals surface area contributed by atoms with Gasteiger partial charge in [0.15, 0.2) is 11.7 Å². The fourth-order valence-electron chi connectivity index (χ4n) is 2.49. The zero-order valence-electron chi connectivity index (χ0n) is 13.8. The van der Waals surface area contributed by atoms with Crippen LogP contribution in [0.1, 0.15) is 23.9 Å². The summed E-state index contributed by atoms with van der Waals surface area (Å²) in [5.41, 5.74) is 3.27. The molecular formula is C19H19N5. The number of hydrogen-bond donors (Lipinski definition) is 1. The molecule has 0 aliphatic rings. The van der Waals surface area contributed by atoms with Gasteiger partial charge in [-0.2, -0.15) is 0 Å². The van der Waals surface area contributed by atoms with E-state index < -0.39 is 0 Å². The van der Waals surface area contributed by atoms with Crippen molar-refractivity contribution in [1.29, 1.82) is 5.41 Å². The van der Waals surface area contributed by atoms with E-state index in [0.29, 0.717) is 12.4 Å². The zero-order valence-corrected chi connectivity index (χ0v) is 13.8. The molecule has 5 heteroatoms. The molecule has 0 atom stereocenters. The molecule has 0 spiro atoms. The van der Waals surface area contributed by atoms with Crippen LogP contribution in [0.2, 0.25) is 0 Å². The van der Waals surface area contributed by atoms with Crippen LogP contribution in [0.25, 0.3) is 11.4 Å². The van der Waals surface area contributed by atoms with Crippen molar-refractivity contribution >= 4 is 12.1 Å². The minimum Gasteiger partial charge on any atom is -0.280 e. The van der Waals surface area contributed by atoms with E-state index in [0.717, 1.165) is 22.5 Å². The maximum atomic E-state index is 7.99. The maximum Gasteiger partial charge on any atom is 0.218 e. The predicted molar refractivity (Wildman–Crippen MR) is 96.7 cm³/mol. The molecule has 0 unspecified atom stereocenters. The first kappa shape index (κ1) is 15.8. The summed E-state index contributed by atoms with van der Waals surface area (Å²) in [6.07, 6.45) is 1.58. The highest BCUT2D eigenvalue weighted by Crippen LogP contribution is 2.20. The van der Waals surface area contributed by atoms with Gasteiger partial charge in [-0.1, -0.05) is 54.1 Å². The summed E-state index contributed by atoms with van der Waals surface area (Å²) in [7, 11) is 0. The van der Waals surface area contributed by atoms with Gasteiger partial charge in [0.2, 0.25) is 5.82 Å². The third kappa shape index (κ3) is 3.46. The lowest BCUT2D eigenvalue weighted by atomic mass is 10.1. The molecule has 3 aromatic rings. The van der Waals surface area contributed by atoms with Crippen molar-refractivity contribution < 1.29 is 0 Å². The van der Waals surface area contributed by atoms with Crippen molar-refractivity contribution in [2.75, 3.05) is 0 Å². The Hall–Kier alpha value is -3.08. The first-order valence-corrected chi connectivity index (χ1v) is 7.81. The molecule has 1 aromatic heterocycles. The molecule has 1 N–H and O–H groups in total. The summed E-state index contributed by atoms with van der Waals surface area (Å²) >= 11 is 0. The number of aliphatic imine (C=N–C) groups is 1. The van der Waals surface area contributed by atoms with Gasteiger partial charge < -0.3 is 0 Å². The Morgan fingerprint density at radius 1 is 1.17 bits per heavy atom. The van der Waals surface area contributed by atoms with Crippen LogP contribution < -0.4 is 0 Å². The smallest absolute Gasteiger partial charge is 0.218 e. The Kier molecular flexibility index (Phi) is 4.61. The van der Waals surface area contributed by atoms with E-state index in [1.807, 2.05) is 48.0 Å². The molecule has 1 heterocycles. The van der Waals surface area contributed by atoms with Crippen LogP contribution in [0.5, 0.6) is 0 Å². The van der Waals surface area contributed by atoms with Gasteiger partial charge in [0, 0.05) is 11.8 Å². The average molecular weight is 317 g/mol. The third-order valence-electron chi connectivity index (χ3n) is 3.59. The number of benzene rings is 2. The normalized spacial score (nSPS) is 11.1. The summed E-state index contributed by atoms with van der Waals surface area (Å²) in [5, 5.41) is 12.5. The summed E-state index contributed by atoms with van der Waals surface area (Å²) < 4.78 is 1.83. The number of hydrogen-bond acceptors (Lipinski definition) is 3. The minimum absolute atomic E-state index is 0.0678. The van der Waals surface area contributed by atoms with E-state index in [-0.39, 0.29) is 5.84 Å². The maximum absolute atomic E-state index is 7.99. The fourth-order valence-corrected chi connectivity index (χ4v) is 2.49. The first-order chi connectivity index (χ1) is 11.7. The average Bonchev–Trinajstić information content (AvgIpc) is 3.00. The highest BCUT2D eigenvalue weighted by Gasteiger charge is 2.15. The standard InChI is InChI=1S/C19H19N5/c1-3-21-17(20)18-22-19(16-11-7-8-14(2)12-16)24(23-18)13-15-9-5-4-6-10-15/h3-12,20H,13H2,1-2H3. The second-order valence-electron chi connectivity index (χ2n) is 5.51. The highest BCUT2D eigenvalue weighted by molar-refractivity contribution is 5.97. The van der Waals surface area contributed by atoms with E-state index in [9.17, 15) is 0 Å². The van der Waals surface area contributed by atoms with Crippen LogP contribution in [0, 0.1) is 12.3 Å². The topological polar surface area (TPSA) is 66.9 Å². The summed E-state index contributed by atoms with van der Waals surface area (Å²) in [6, 6.07) is 18.2. The van der Waals surface area contributed by atoms with Crippen LogP contribution in [-0.2, 0) is 6.54 Å². The summed E-state index contributed by atoms with van der Waals surface area (Å²) in [4.78, 5) is 8.54. The van der Waals surface area contributed by atoms with Crippen LogP contribution in [0.4, 0.5) is 0 Å². The van der Waals surface area contributed by atoms with Crippen molar-refractivity contribution in [1.82, 2.24) is 14.8 Å². The molecule has 0 saturated heterocycles. The molecule has 0 aliphatic carbocycles. The number of nitrogens with one attached hydrogen (secondary N) is 1. The van der Waals surface area contributed by atoms with E-state index in [1.54, 1.807) is 13.1 Å². The summed E-state index contributed by atoms with van der Waals surface area (Å²) in [5.74, 6) is 1.15. The Bertz CT molecular complexity index is 878. The SMILES string of the molecule is CC=NC(=N)c1nc(-c2cccc(C)c2)n(Cc2ccccc2)n1. The zero-order chi connectivity index (χ0) is 16.9. The van der Waals surface area contributed by atoms with Crippen LogP contribution in [-0.4, -0.2) is 26.8 Å². The minimum atomic E-state index is 0.0678. The number of rotatable bonds is 4. The molecule has 24 heavy (non-hydrogen) atoms. The molecule has 120 valence electrons. The van der Waals surface area contributed by atoms with Gasteiger partial charge in [-0.15, -0.1) is 5.10 Å². The van der Waals surface area contributed by atoms with Crippen LogP contribution in [0.15, 0.2) is 59.6 Å². The highest BCUT2D eigenvalue weighted by atomic mass is 15.4. The Morgan fingerprint density at radius 2 is 1.96 bits per heavy atom. The molecule has 0 radical (unpaired) electrons. The lowest BCUT2D eigenvalue weighted by molar-refractivity contribution is 0.691. The van der Waals surface area contributed by atoms with Crippen molar-refractivity contribution in [2.24, 2.45) is 4.99 Å². The predicted octanol–water partition coefficient (Wildman–Crippen LogP) is 3.72. The van der Waals surface area contributed by atoms with Crippen molar-refractivity contribution in [3.63, 3.8) is 0 Å². The van der Waals surface area contributed by atoms with Crippen molar-refractivity contribution in [3.8, 4) is 11.4 Å². The number of amidine groups is 1. The van der Waals surface area contributed by atoms with Crippen LogP contribution in [0.3, 0.4) is 0 Å². The van der Waals surface area contributed by atoms with Crippen LogP contribution >= 0.6 is 0 Å². The van der Waals surface area contributed by atoms with Gasteiger partial charge in [-0.3, -0.25) is 5.41 Å². The Labute approximate surface area is 141 Å².